The molecule has 1 aromatic carbocycles. The van der Waals surface area contributed by atoms with Crippen LogP contribution in [0.4, 0.5) is 5.69 Å². The van der Waals surface area contributed by atoms with Gasteiger partial charge >= 0.3 is 0 Å². The number of carbonyl (C=O) groups excluding carboxylic acids is 3. The van der Waals surface area contributed by atoms with Gasteiger partial charge in [0, 0.05) is 18.7 Å². The predicted octanol–water partition coefficient (Wildman–Crippen LogP) is 2.81. The van der Waals surface area contributed by atoms with E-state index in [0.29, 0.717) is 0 Å². The van der Waals surface area contributed by atoms with Crippen LogP contribution in [0.25, 0.3) is 0 Å². The maximum Gasteiger partial charge on any atom is 0.233 e. The van der Waals surface area contributed by atoms with Crippen molar-refractivity contribution in [2.45, 2.75) is 46.0 Å². The van der Waals surface area contributed by atoms with E-state index in [2.05, 4.69) is 5.32 Å². The van der Waals surface area contributed by atoms with Gasteiger partial charge in [0.15, 0.2) is 0 Å². The molecule has 1 N–H and O–H groups in total. The fourth-order valence-corrected chi connectivity index (χ4v) is 3.88. The Balaban J connectivity index is 1.60. The van der Waals surface area contributed by atoms with Gasteiger partial charge in [-0.05, 0) is 37.8 Å². The molecular formula is C19H24N2O3. The Hall–Kier alpha value is -2.17. The molecule has 3 amide bonds. The van der Waals surface area contributed by atoms with Crippen molar-refractivity contribution < 1.29 is 14.4 Å². The summed E-state index contributed by atoms with van der Waals surface area (Å²) in [6.07, 6.45) is 3.79. The molecule has 1 aliphatic heterocycles. The van der Waals surface area contributed by atoms with Gasteiger partial charge < -0.3 is 5.32 Å². The van der Waals surface area contributed by atoms with Gasteiger partial charge in [-0.3, -0.25) is 19.3 Å². The van der Waals surface area contributed by atoms with E-state index in [1.54, 1.807) is 0 Å². The molecule has 1 heterocycles. The lowest BCUT2D eigenvalue weighted by Crippen LogP contribution is -2.34. The Kier molecular flexibility index (Phi) is 4.69. The van der Waals surface area contributed by atoms with Crippen LogP contribution in [-0.4, -0.2) is 29.2 Å². The van der Waals surface area contributed by atoms with E-state index >= 15 is 0 Å². The number of aryl methyl sites for hydroxylation is 2. The van der Waals surface area contributed by atoms with Crippen molar-refractivity contribution >= 4 is 23.4 Å². The number of para-hydroxylation sites is 1. The molecular weight excluding hydrogens is 304 g/mol. The smallest absolute Gasteiger partial charge is 0.233 e. The van der Waals surface area contributed by atoms with E-state index in [9.17, 15) is 14.4 Å². The molecule has 128 valence electrons. The molecule has 0 aromatic heterocycles. The SMILES string of the molecule is Cc1cccc(C)c1NC(=O)CCN1C(=O)[C@H]2CCCC[C@H]2C1=O. The number of fused-ring (bicyclic) bond motifs is 1. The number of anilines is 1. The lowest BCUT2D eigenvalue weighted by molar-refractivity contribution is -0.140. The van der Waals surface area contributed by atoms with Gasteiger partial charge in [-0.1, -0.05) is 31.0 Å². The van der Waals surface area contributed by atoms with Gasteiger partial charge in [0.2, 0.25) is 17.7 Å². The molecule has 0 spiro atoms. The minimum Gasteiger partial charge on any atom is -0.326 e. The highest BCUT2D eigenvalue weighted by molar-refractivity contribution is 6.05. The molecule has 1 saturated heterocycles. The first-order chi connectivity index (χ1) is 11.5. The minimum atomic E-state index is -0.164. The van der Waals surface area contributed by atoms with Gasteiger partial charge in [0.1, 0.15) is 0 Å². The maximum atomic E-state index is 12.4. The summed E-state index contributed by atoms with van der Waals surface area (Å²) < 4.78 is 0. The third-order valence-corrected chi connectivity index (χ3v) is 5.24. The number of hydrogen-bond acceptors (Lipinski definition) is 3. The number of benzene rings is 1. The summed E-state index contributed by atoms with van der Waals surface area (Å²) in [6, 6.07) is 5.84. The summed E-state index contributed by atoms with van der Waals surface area (Å²) in [4.78, 5) is 38.4. The lowest BCUT2D eigenvalue weighted by atomic mass is 9.81. The first-order valence-electron chi connectivity index (χ1n) is 8.70. The number of rotatable bonds is 4. The molecule has 0 unspecified atom stereocenters. The van der Waals surface area contributed by atoms with Crippen molar-refractivity contribution in [3.05, 3.63) is 29.3 Å². The summed E-state index contributed by atoms with van der Waals surface area (Å²) in [5.41, 5.74) is 2.82. The average Bonchev–Trinajstić information content (AvgIpc) is 2.81. The third kappa shape index (κ3) is 3.07. The van der Waals surface area contributed by atoms with Crippen molar-refractivity contribution in [3.8, 4) is 0 Å². The van der Waals surface area contributed by atoms with E-state index in [1.165, 1.54) is 4.90 Å². The van der Waals surface area contributed by atoms with Crippen LogP contribution >= 0.6 is 0 Å². The highest BCUT2D eigenvalue weighted by atomic mass is 16.2. The van der Waals surface area contributed by atoms with Crippen LogP contribution in [0.1, 0.15) is 43.2 Å². The average molecular weight is 328 g/mol. The summed E-state index contributed by atoms with van der Waals surface area (Å²) in [7, 11) is 0. The van der Waals surface area contributed by atoms with Gasteiger partial charge in [-0.15, -0.1) is 0 Å². The van der Waals surface area contributed by atoms with Crippen LogP contribution in [0.3, 0.4) is 0 Å². The largest absolute Gasteiger partial charge is 0.326 e. The number of likely N-dealkylation sites (tertiary alicyclic amines) is 1. The molecule has 5 nitrogen and oxygen atoms in total. The Labute approximate surface area is 142 Å². The van der Waals surface area contributed by atoms with Gasteiger partial charge in [-0.25, -0.2) is 0 Å². The number of carbonyl (C=O) groups is 3. The van der Waals surface area contributed by atoms with E-state index in [1.807, 2.05) is 32.0 Å². The normalized spacial score (nSPS) is 23.3. The zero-order chi connectivity index (χ0) is 17.3. The minimum absolute atomic E-state index is 0.0791. The molecule has 0 bridgehead atoms. The van der Waals surface area contributed by atoms with E-state index in [4.69, 9.17) is 0 Å². The molecule has 1 aliphatic carbocycles. The molecule has 2 atom stereocenters. The quantitative estimate of drug-likeness (QED) is 0.864. The summed E-state index contributed by atoms with van der Waals surface area (Å²) in [5.74, 6) is -0.613. The zero-order valence-corrected chi connectivity index (χ0v) is 14.3. The Morgan fingerprint density at radius 3 is 2.17 bits per heavy atom. The highest BCUT2D eigenvalue weighted by Crippen LogP contribution is 2.38. The van der Waals surface area contributed by atoms with Crippen LogP contribution in [0.2, 0.25) is 0 Å². The van der Waals surface area contributed by atoms with E-state index in [0.717, 1.165) is 42.5 Å². The van der Waals surface area contributed by atoms with Crippen molar-refractivity contribution in [2.75, 3.05) is 11.9 Å². The van der Waals surface area contributed by atoms with Crippen molar-refractivity contribution in [1.82, 2.24) is 4.90 Å². The molecule has 1 saturated carbocycles. The first-order valence-corrected chi connectivity index (χ1v) is 8.70. The monoisotopic (exact) mass is 328 g/mol. The predicted molar refractivity (Wildman–Crippen MR) is 91.3 cm³/mol. The second kappa shape index (κ2) is 6.75. The molecule has 2 fully saturated rings. The summed E-state index contributed by atoms with van der Waals surface area (Å²) >= 11 is 0. The van der Waals surface area contributed by atoms with Crippen LogP contribution in [0, 0.1) is 25.7 Å². The Morgan fingerprint density at radius 1 is 1.08 bits per heavy atom. The third-order valence-electron chi connectivity index (χ3n) is 5.24. The molecule has 5 heteroatoms. The Bertz CT molecular complexity index is 639. The van der Waals surface area contributed by atoms with E-state index < -0.39 is 0 Å². The van der Waals surface area contributed by atoms with E-state index in [-0.39, 0.29) is 42.5 Å². The number of imide groups is 1. The first kappa shape index (κ1) is 16.7. The Morgan fingerprint density at radius 2 is 1.62 bits per heavy atom. The van der Waals surface area contributed by atoms with Gasteiger partial charge in [0.05, 0.1) is 11.8 Å². The van der Waals surface area contributed by atoms with Crippen molar-refractivity contribution in [2.24, 2.45) is 11.8 Å². The molecule has 24 heavy (non-hydrogen) atoms. The second-order valence-corrected chi connectivity index (χ2v) is 6.89. The van der Waals surface area contributed by atoms with Gasteiger partial charge in [0.25, 0.3) is 0 Å². The topological polar surface area (TPSA) is 66.5 Å². The van der Waals surface area contributed by atoms with Crippen LogP contribution in [0.15, 0.2) is 18.2 Å². The maximum absolute atomic E-state index is 12.4. The van der Waals surface area contributed by atoms with Crippen molar-refractivity contribution in [3.63, 3.8) is 0 Å². The summed E-state index contributed by atoms with van der Waals surface area (Å²) in [5, 5.41) is 2.91. The number of amides is 3. The fourth-order valence-electron chi connectivity index (χ4n) is 3.88. The van der Waals surface area contributed by atoms with Crippen LogP contribution in [0.5, 0.6) is 0 Å². The molecule has 3 rings (SSSR count). The number of hydrogen-bond donors (Lipinski definition) is 1. The fraction of sp³-hybridized carbons (Fsp3) is 0.526. The van der Waals surface area contributed by atoms with Crippen molar-refractivity contribution in [1.29, 1.82) is 0 Å². The summed E-state index contributed by atoms with van der Waals surface area (Å²) in [6.45, 7) is 4.07. The number of nitrogens with zero attached hydrogens (tertiary/aromatic N) is 1. The molecule has 1 aromatic rings. The number of nitrogens with one attached hydrogen (secondary N) is 1. The highest BCUT2D eigenvalue weighted by Gasteiger charge is 2.47. The zero-order valence-electron chi connectivity index (χ0n) is 14.3. The molecule has 2 aliphatic rings. The van der Waals surface area contributed by atoms with Gasteiger partial charge in [-0.2, -0.15) is 0 Å². The van der Waals surface area contributed by atoms with Crippen LogP contribution < -0.4 is 5.32 Å². The van der Waals surface area contributed by atoms with Crippen LogP contribution in [-0.2, 0) is 14.4 Å². The molecule has 0 radical (unpaired) electrons. The standard InChI is InChI=1S/C19H24N2O3/c1-12-6-5-7-13(2)17(12)20-16(22)10-11-21-18(23)14-8-3-4-9-15(14)19(21)24/h5-7,14-15H,3-4,8-11H2,1-2H3,(H,20,22)/t14-,15+. The second-order valence-electron chi connectivity index (χ2n) is 6.89. The lowest BCUT2D eigenvalue weighted by Gasteiger charge is -2.19.